The largest absolute Gasteiger partial charge is 0.508 e. The van der Waals surface area contributed by atoms with E-state index in [1.165, 1.54) is 6.92 Å². The maximum Gasteiger partial charge on any atom is 0.338 e. The van der Waals surface area contributed by atoms with E-state index in [9.17, 15) is 19.5 Å². The van der Waals surface area contributed by atoms with Crippen LogP contribution in [0, 0.1) is 0 Å². The monoisotopic (exact) mass is 396 g/mol. The minimum Gasteiger partial charge on any atom is -0.508 e. The molecule has 3 amide bonds. The number of rotatable bonds is 5. The van der Waals surface area contributed by atoms with Gasteiger partial charge in [0.05, 0.1) is 5.56 Å². The van der Waals surface area contributed by atoms with Gasteiger partial charge in [0.2, 0.25) is 0 Å². The summed E-state index contributed by atoms with van der Waals surface area (Å²) in [6.45, 7) is 1.42. The number of carbonyl (C=O) groups is 3. The lowest BCUT2D eigenvalue weighted by molar-refractivity contribution is -0.127. The van der Waals surface area contributed by atoms with Crippen molar-refractivity contribution in [2.24, 2.45) is 0 Å². The number of phenolic OH excluding ortho intramolecular Hbond substituents is 1. The predicted molar refractivity (Wildman–Crippen MR) is 107 cm³/mol. The number of benzene rings is 2. The first-order chi connectivity index (χ1) is 13.9. The van der Waals surface area contributed by atoms with Crippen LogP contribution >= 0.6 is 0 Å². The molecule has 1 aliphatic carbocycles. The van der Waals surface area contributed by atoms with Gasteiger partial charge in [-0.05, 0) is 55.2 Å². The second-order valence-corrected chi connectivity index (χ2v) is 7.12. The Balaban J connectivity index is 1.52. The van der Waals surface area contributed by atoms with Crippen molar-refractivity contribution in [2.45, 2.75) is 44.8 Å². The molecule has 2 aromatic carbocycles. The SMILES string of the molecule is C[C@H](OC(=O)c1ccc(-c2ccc(O)cc2)cc1)C(=O)NC(=O)NC1CCCC1. The molecule has 1 fully saturated rings. The molecule has 0 unspecified atom stereocenters. The Labute approximate surface area is 169 Å². The van der Waals surface area contributed by atoms with E-state index in [-0.39, 0.29) is 11.8 Å². The zero-order chi connectivity index (χ0) is 20.8. The maximum absolute atomic E-state index is 12.3. The summed E-state index contributed by atoms with van der Waals surface area (Å²) in [6, 6.07) is 12.9. The Morgan fingerprint density at radius 2 is 1.52 bits per heavy atom. The topological polar surface area (TPSA) is 105 Å². The van der Waals surface area contributed by atoms with E-state index in [1.807, 2.05) is 0 Å². The molecule has 1 aliphatic rings. The van der Waals surface area contributed by atoms with E-state index in [2.05, 4.69) is 10.6 Å². The van der Waals surface area contributed by atoms with Gasteiger partial charge < -0.3 is 15.2 Å². The summed E-state index contributed by atoms with van der Waals surface area (Å²) in [5.74, 6) is -1.14. The van der Waals surface area contributed by atoms with Crippen molar-refractivity contribution in [3.63, 3.8) is 0 Å². The Kier molecular flexibility index (Phi) is 6.49. The number of hydrogen-bond donors (Lipinski definition) is 3. The van der Waals surface area contributed by atoms with Crippen LogP contribution in [-0.4, -0.2) is 35.2 Å². The fraction of sp³-hybridized carbons (Fsp3) is 0.318. The molecule has 7 heteroatoms. The van der Waals surface area contributed by atoms with Gasteiger partial charge in [0, 0.05) is 6.04 Å². The molecule has 29 heavy (non-hydrogen) atoms. The summed E-state index contributed by atoms with van der Waals surface area (Å²) >= 11 is 0. The average Bonchev–Trinajstić information content (AvgIpc) is 3.21. The van der Waals surface area contributed by atoms with Gasteiger partial charge in [-0.1, -0.05) is 37.1 Å². The average molecular weight is 396 g/mol. The number of aromatic hydroxyl groups is 1. The number of nitrogens with one attached hydrogen (secondary N) is 2. The van der Waals surface area contributed by atoms with Crippen LogP contribution in [-0.2, 0) is 9.53 Å². The van der Waals surface area contributed by atoms with Gasteiger partial charge in [0.15, 0.2) is 6.10 Å². The maximum atomic E-state index is 12.3. The van der Waals surface area contributed by atoms with Crippen molar-refractivity contribution in [1.82, 2.24) is 10.6 Å². The summed E-state index contributed by atoms with van der Waals surface area (Å²) in [6.07, 6.45) is 2.85. The van der Waals surface area contributed by atoms with Crippen LogP contribution in [0.25, 0.3) is 11.1 Å². The van der Waals surface area contributed by atoms with Crippen LogP contribution in [0.2, 0.25) is 0 Å². The normalized spacial score (nSPS) is 14.8. The number of ether oxygens (including phenoxy) is 1. The van der Waals surface area contributed by atoms with E-state index in [4.69, 9.17) is 4.74 Å². The molecule has 0 aliphatic heterocycles. The van der Waals surface area contributed by atoms with Crippen LogP contribution in [0.1, 0.15) is 43.0 Å². The molecule has 0 heterocycles. The van der Waals surface area contributed by atoms with Crippen molar-refractivity contribution < 1.29 is 24.2 Å². The molecular weight excluding hydrogens is 372 g/mol. The highest BCUT2D eigenvalue weighted by Gasteiger charge is 2.23. The summed E-state index contributed by atoms with van der Waals surface area (Å²) in [5.41, 5.74) is 2.06. The van der Waals surface area contributed by atoms with E-state index in [0.717, 1.165) is 36.8 Å². The second kappa shape index (κ2) is 9.23. The highest BCUT2D eigenvalue weighted by molar-refractivity contribution is 5.98. The third-order valence-electron chi connectivity index (χ3n) is 4.90. The second-order valence-electron chi connectivity index (χ2n) is 7.12. The van der Waals surface area contributed by atoms with Gasteiger partial charge in [-0.3, -0.25) is 10.1 Å². The number of amides is 3. The van der Waals surface area contributed by atoms with E-state index in [1.54, 1.807) is 48.5 Å². The summed E-state index contributed by atoms with van der Waals surface area (Å²) in [5, 5.41) is 14.3. The van der Waals surface area contributed by atoms with Gasteiger partial charge in [0.1, 0.15) is 5.75 Å². The molecule has 3 rings (SSSR count). The lowest BCUT2D eigenvalue weighted by atomic mass is 10.0. The minimum atomic E-state index is -1.10. The fourth-order valence-electron chi connectivity index (χ4n) is 3.24. The van der Waals surface area contributed by atoms with Crippen LogP contribution < -0.4 is 10.6 Å². The van der Waals surface area contributed by atoms with Gasteiger partial charge in [0.25, 0.3) is 5.91 Å². The van der Waals surface area contributed by atoms with Crippen molar-refractivity contribution in [1.29, 1.82) is 0 Å². The zero-order valence-electron chi connectivity index (χ0n) is 16.2. The number of esters is 1. The van der Waals surface area contributed by atoms with Crippen LogP contribution in [0.5, 0.6) is 5.75 Å². The summed E-state index contributed by atoms with van der Waals surface area (Å²) in [4.78, 5) is 36.2. The first-order valence-electron chi connectivity index (χ1n) is 9.64. The molecule has 0 saturated heterocycles. The van der Waals surface area contributed by atoms with Crippen molar-refractivity contribution in [3.8, 4) is 16.9 Å². The first kappa shape index (κ1) is 20.4. The van der Waals surface area contributed by atoms with Gasteiger partial charge in [-0.2, -0.15) is 0 Å². The highest BCUT2D eigenvalue weighted by Crippen LogP contribution is 2.22. The molecule has 3 N–H and O–H groups in total. The van der Waals surface area contributed by atoms with Gasteiger partial charge in [-0.15, -0.1) is 0 Å². The number of carbonyl (C=O) groups excluding carboxylic acids is 3. The van der Waals surface area contributed by atoms with Crippen LogP contribution in [0.3, 0.4) is 0 Å². The molecule has 7 nitrogen and oxygen atoms in total. The van der Waals surface area contributed by atoms with E-state index in [0.29, 0.717) is 5.56 Å². The van der Waals surface area contributed by atoms with Gasteiger partial charge >= 0.3 is 12.0 Å². The van der Waals surface area contributed by atoms with Crippen molar-refractivity contribution in [2.75, 3.05) is 0 Å². The van der Waals surface area contributed by atoms with Gasteiger partial charge in [-0.25, -0.2) is 9.59 Å². The number of urea groups is 1. The first-order valence-corrected chi connectivity index (χ1v) is 9.64. The number of hydrogen-bond acceptors (Lipinski definition) is 5. The standard InChI is InChI=1S/C22H24N2O5/c1-14(20(26)24-22(28)23-18-4-2-3-5-18)29-21(27)17-8-6-15(7-9-17)16-10-12-19(25)13-11-16/h6-14,18,25H,2-5H2,1H3,(H2,23,24,26,28)/t14-/m0/s1. The Morgan fingerprint density at radius 1 is 0.966 bits per heavy atom. The summed E-state index contributed by atoms with van der Waals surface area (Å²) < 4.78 is 5.17. The lowest BCUT2D eigenvalue weighted by Crippen LogP contribution is -2.47. The molecule has 1 saturated carbocycles. The third kappa shape index (κ3) is 5.57. The van der Waals surface area contributed by atoms with Crippen molar-refractivity contribution in [3.05, 3.63) is 54.1 Å². The minimum absolute atomic E-state index is 0.0905. The summed E-state index contributed by atoms with van der Waals surface area (Å²) in [7, 11) is 0. The number of imide groups is 1. The molecular formula is C22H24N2O5. The zero-order valence-corrected chi connectivity index (χ0v) is 16.2. The van der Waals surface area contributed by atoms with Crippen LogP contribution in [0.4, 0.5) is 4.79 Å². The molecule has 0 spiro atoms. The highest BCUT2D eigenvalue weighted by atomic mass is 16.5. The Bertz CT molecular complexity index is 871. The molecule has 2 aromatic rings. The molecule has 152 valence electrons. The van der Waals surface area contributed by atoms with Crippen LogP contribution in [0.15, 0.2) is 48.5 Å². The number of phenols is 1. The molecule has 1 atom stereocenters. The molecule has 0 aromatic heterocycles. The third-order valence-corrected chi connectivity index (χ3v) is 4.90. The Morgan fingerprint density at radius 3 is 2.10 bits per heavy atom. The molecule has 0 radical (unpaired) electrons. The predicted octanol–water partition coefficient (Wildman–Crippen LogP) is 3.37. The van der Waals surface area contributed by atoms with E-state index >= 15 is 0 Å². The lowest BCUT2D eigenvalue weighted by Gasteiger charge is -2.15. The quantitative estimate of drug-likeness (QED) is 0.672. The smallest absolute Gasteiger partial charge is 0.338 e. The van der Waals surface area contributed by atoms with E-state index < -0.39 is 24.0 Å². The molecule has 0 bridgehead atoms. The Hall–Kier alpha value is -3.35. The van der Waals surface area contributed by atoms with Crippen molar-refractivity contribution >= 4 is 17.9 Å². The fourth-order valence-corrected chi connectivity index (χ4v) is 3.24.